The maximum Gasteiger partial charge on any atom is 0.300 e. The zero-order valence-corrected chi connectivity index (χ0v) is 17.8. The number of amides is 1. The van der Waals surface area contributed by atoms with Gasteiger partial charge in [0, 0.05) is 16.8 Å². The van der Waals surface area contributed by atoms with E-state index in [-0.39, 0.29) is 16.9 Å². The van der Waals surface area contributed by atoms with E-state index in [0.717, 1.165) is 16.3 Å². The summed E-state index contributed by atoms with van der Waals surface area (Å²) in [4.78, 5) is 27.7. The van der Waals surface area contributed by atoms with Crippen LogP contribution in [0.3, 0.4) is 0 Å². The fourth-order valence-electron chi connectivity index (χ4n) is 4.36. The standard InChI is InChI=1S/C28H20FNO3/c1-17-7-6-10-21(15-17)30-25(22-11-4-5-12-23(22)29)24(27(32)28(30)33)26(31)20-14-13-18-8-2-3-9-19(18)16-20/h2-16,25,31H,1H3/b26-24+. The first-order valence-electron chi connectivity index (χ1n) is 10.6. The molecule has 1 heterocycles. The molecule has 0 radical (unpaired) electrons. The van der Waals surface area contributed by atoms with Crippen LogP contribution in [0.15, 0.2) is 96.6 Å². The second kappa shape index (κ2) is 8.02. The molecule has 1 atom stereocenters. The van der Waals surface area contributed by atoms with Gasteiger partial charge in [-0.3, -0.25) is 14.5 Å². The zero-order chi connectivity index (χ0) is 23.1. The van der Waals surface area contributed by atoms with Crippen LogP contribution in [0, 0.1) is 12.7 Å². The summed E-state index contributed by atoms with van der Waals surface area (Å²) in [6.07, 6.45) is 0. The van der Waals surface area contributed by atoms with Crippen LogP contribution in [0.2, 0.25) is 0 Å². The molecule has 1 aliphatic heterocycles. The van der Waals surface area contributed by atoms with E-state index in [1.807, 2.05) is 43.3 Å². The molecule has 0 aromatic heterocycles. The number of benzene rings is 4. The summed E-state index contributed by atoms with van der Waals surface area (Å²) in [5.74, 6) is -2.56. The number of aliphatic hydroxyl groups is 1. The summed E-state index contributed by atoms with van der Waals surface area (Å²) in [7, 11) is 0. The van der Waals surface area contributed by atoms with E-state index in [2.05, 4.69) is 0 Å². The highest BCUT2D eigenvalue weighted by atomic mass is 19.1. The molecule has 4 aromatic rings. The van der Waals surface area contributed by atoms with E-state index >= 15 is 0 Å². The van der Waals surface area contributed by atoms with Gasteiger partial charge in [0.2, 0.25) is 0 Å². The lowest BCUT2D eigenvalue weighted by Crippen LogP contribution is -2.29. The Labute approximate surface area is 190 Å². The summed E-state index contributed by atoms with van der Waals surface area (Å²) in [6.45, 7) is 1.87. The van der Waals surface area contributed by atoms with Gasteiger partial charge in [0.1, 0.15) is 11.6 Å². The predicted octanol–water partition coefficient (Wildman–Crippen LogP) is 5.91. The molecular formula is C28H20FNO3. The summed E-state index contributed by atoms with van der Waals surface area (Å²) in [5, 5.41) is 13.1. The molecular weight excluding hydrogens is 417 g/mol. The van der Waals surface area contributed by atoms with Gasteiger partial charge in [-0.1, -0.05) is 66.7 Å². The molecule has 1 amide bonds. The van der Waals surface area contributed by atoms with E-state index in [1.165, 1.54) is 17.0 Å². The number of nitrogens with zero attached hydrogens (tertiary/aromatic N) is 1. The van der Waals surface area contributed by atoms with Crippen molar-refractivity contribution in [2.75, 3.05) is 4.90 Å². The van der Waals surface area contributed by atoms with Crippen LogP contribution >= 0.6 is 0 Å². The van der Waals surface area contributed by atoms with Gasteiger partial charge in [-0.05, 0) is 47.5 Å². The van der Waals surface area contributed by atoms with Crippen molar-refractivity contribution in [3.8, 4) is 0 Å². The highest BCUT2D eigenvalue weighted by molar-refractivity contribution is 6.51. The maximum atomic E-state index is 15.0. The lowest BCUT2D eigenvalue weighted by Gasteiger charge is -2.26. The van der Waals surface area contributed by atoms with Crippen LogP contribution in [0.1, 0.15) is 22.7 Å². The molecule has 0 bridgehead atoms. The second-order valence-electron chi connectivity index (χ2n) is 8.09. The number of hydrogen-bond acceptors (Lipinski definition) is 3. The van der Waals surface area contributed by atoms with Gasteiger partial charge >= 0.3 is 0 Å². The number of Topliss-reactive ketones (excluding diaryl/α,β-unsaturated/α-hetero) is 1. The number of halogens is 1. The number of ketones is 1. The first kappa shape index (κ1) is 20.6. The summed E-state index contributed by atoms with van der Waals surface area (Å²) < 4.78 is 15.0. The Bertz CT molecular complexity index is 1460. The number of carbonyl (C=O) groups excluding carboxylic acids is 2. The van der Waals surface area contributed by atoms with Crippen molar-refractivity contribution >= 4 is 33.9 Å². The maximum absolute atomic E-state index is 15.0. The topological polar surface area (TPSA) is 57.6 Å². The normalized spacial score (nSPS) is 17.6. The number of carbonyl (C=O) groups is 2. The molecule has 1 fully saturated rings. The molecule has 5 heteroatoms. The molecule has 1 unspecified atom stereocenters. The van der Waals surface area contributed by atoms with E-state index in [9.17, 15) is 19.1 Å². The highest BCUT2D eigenvalue weighted by Gasteiger charge is 2.47. The Kier molecular flexibility index (Phi) is 5.02. The number of aliphatic hydroxyl groups excluding tert-OH is 1. The van der Waals surface area contributed by atoms with Gasteiger partial charge < -0.3 is 5.11 Å². The van der Waals surface area contributed by atoms with Crippen molar-refractivity contribution in [3.05, 3.63) is 119 Å². The number of aryl methyl sites for hydroxylation is 1. The van der Waals surface area contributed by atoms with Gasteiger partial charge in [-0.25, -0.2) is 4.39 Å². The average Bonchev–Trinajstić information content (AvgIpc) is 3.09. The first-order chi connectivity index (χ1) is 16.0. The molecule has 0 aliphatic carbocycles. The van der Waals surface area contributed by atoms with Crippen molar-refractivity contribution < 1.29 is 19.1 Å². The summed E-state index contributed by atoms with van der Waals surface area (Å²) in [5.41, 5.74) is 1.74. The van der Waals surface area contributed by atoms with Gasteiger partial charge in [-0.2, -0.15) is 0 Å². The van der Waals surface area contributed by atoms with Gasteiger partial charge in [0.15, 0.2) is 0 Å². The monoisotopic (exact) mass is 437 g/mol. The Hall–Kier alpha value is -4.25. The molecule has 0 saturated carbocycles. The molecule has 0 spiro atoms. The zero-order valence-electron chi connectivity index (χ0n) is 17.8. The highest BCUT2D eigenvalue weighted by Crippen LogP contribution is 2.43. The van der Waals surface area contributed by atoms with E-state index in [4.69, 9.17) is 0 Å². The Balaban J connectivity index is 1.76. The molecule has 1 aliphatic rings. The first-order valence-corrected chi connectivity index (χ1v) is 10.6. The second-order valence-corrected chi connectivity index (χ2v) is 8.09. The van der Waals surface area contributed by atoms with E-state index in [1.54, 1.807) is 42.5 Å². The largest absolute Gasteiger partial charge is 0.507 e. The lowest BCUT2D eigenvalue weighted by molar-refractivity contribution is -0.132. The molecule has 4 nitrogen and oxygen atoms in total. The van der Waals surface area contributed by atoms with Gasteiger partial charge in [-0.15, -0.1) is 0 Å². The third-order valence-electron chi connectivity index (χ3n) is 5.95. The average molecular weight is 437 g/mol. The van der Waals surface area contributed by atoms with E-state index in [0.29, 0.717) is 11.3 Å². The fraction of sp³-hybridized carbons (Fsp3) is 0.0714. The van der Waals surface area contributed by atoms with Crippen LogP contribution in [0.4, 0.5) is 10.1 Å². The SMILES string of the molecule is Cc1cccc(N2C(=O)C(=O)/C(=C(/O)c3ccc4ccccc4c3)C2c2ccccc2F)c1. The van der Waals surface area contributed by atoms with Crippen LogP contribution < -0.4 is 4.90 Å². The molecule has 1 N–H and O–H groups in total. The Morgan fingerprint density at radius 1 is 0.848 bits per heavy atom. The van der Waals surface area contributed by atoms with Crippen molar-refractivity contribution in [1.29, 1.82) is 0 Å². The smallest absolute Gasteiger partial charge is 0.300 e. The molecule has 4 aromatic carbocycles. The third kappa shape index (κ3) is 3.48. The van der Waals surface area contributed by atoms with E-state index < -0.39 is 23.5 Å². The predicted molar refractivity (Wildman–Crippen MR) is 126 cm³/mol. The minimum atomic E-state index is -1.10. The van der Waals surface area contributed by atoms with Crippen LogP contribution in [0.5, 0.6) is 0 Å². The summed E-state index contributed by atoms with van der Waals surface area (Å²) >= 11 is 0. The number of anilines is 1. The van der Waals surface area contributed by atoms with Crippen LogP contribution in [-0.2, 0) is 9.59 Å². The van der Waals surface area contributed by atoms with Crippen LogP contribution in [-0.4, -0.2) is 16.8 Å². The minimum Gasteiger partial charge on any atom is -0.507 e. The molecule has 1 saturated heterocycles. The Morgan fingerprint density at radius 3 is 2.33 bits per heavy atom. The van der Waals surface area contributed by atoms with Gasteiger partial charge in [0.05, 0.1) is 11.6 Å². The molecule has 5 rings (SSSR count). The van der Waals surface area contributed by atoms with Crippen LogP contribution in [0.25, 0.3) is 16.5 Å². The Morgan fingerprint density at radius 2 is 1.58 bits per heavy atom. The van der Waals surface area contributed by atoms with Crippen molar-refractivity contribution in [1.82, 2.24) is 0 Å². The lowest BCUT2D eigenvalue weighted by atomic mass is 9.94. The van der Waals surface area contributed by atoms with Crippen molar-refractivity contribution in [2.24, 2.45) is 0 Å². The number of fused-ring (bicyclic) bond motifs is 1. The third-order valence-corrected chi connectivity index (χ3v) is 5.95. The number of rotatable bonds is 3. The fourth-order valence-corrected chi connectivity index (χ4v) is 4.36. The van der Waals surface area contributed by atoms with Crippen molar-refractivity contribution in [2.45, 2.75) is 13.0 Å². The summed E-state index contributed by atoms with van der Waals surface area (Å²) in [6, 6.07) is 24.9. The van der Waals surface area contributed by atoms with Gasteiger partial charge in [0.25, 0.3) is 11.7 Å². The molecule has 33 heavy (non-hydrogen) atoms. The molecule has 162 valence electrons. The van der Waals surface area contributed by atoms with Crippen molar-refractivity contribution in [3.63, 3.8) is 0 Å². The minimum absolute atomic E-state index is 0.137. The quantitative estimate of drug-likeness (QED) is 0.246. The number of hydrogen-bond donors (Lipinski definition) is 1.